The molecule has 5 nitrogen and oxygen atoms in total. The molecule has 1 aliphatic carbocycles. The predicted molar refractivity (Wildman–Crippen MR) is 65.0 cm³/mol. The first-order valence-electron chi connectivity index (χ1n) is 6.68. The standard InChI is InChI=1S/C12H20N4O/c17-12-13-11(14-15-12)10-4-7-16(8-5-10)6-3-9-1-2-9/h9-10H,1-8H2,(H2,13,14,15,17). The van der Waals surface area contributed by atoms with E-state index in [-0.39, 0.29) is 5.69 Å². The molecule has 0 amide bonds. The Morgan fingerprint density at radius 2 is 2.00 bits per heavy atom. The minimum atomic E-state index is -0.184. The van der Waals surface area contributed by atoms with Crippen LogP contribution in [0, 0.1) is 5.92 Å². The van der Waals surface area contributed by atoms with Gasteiger partial charge in [0.15, 0.2) is 0 Å². The molecule has 1 aromatic heterocycles. The number of hydrogen-bond acceptors (Lipinski definition) is 3. The third-order valence-electron chi connectivity index (χ3n) is 4.04. The van der Waals surface area contributed by atoms with E-state index in [2.05, 4.69) is 20.1 Å². The number of nitrogens with zero attached hydrogens (tertiary/aromatic N) is 2. The van der Waals surface area contributed by atoms with Gasteiger partial charge in [0.1, 0.15) is 5.82 Å². The summed E-state index contributed by atoms with van der Waals surface area (Å²) in [6.45, 7) is 3.55. The lowest BCUT2D eigenvalue weighted by Crippen LogP contribution is -2.34. The Kier molecular flexibility index (Phi) is 3.01. The number of aromatic nitrogens is 3. The van der Waals surface area contributed by atoms with Gasteiger partial charge in [-0.2, -0.15) is 5.10 Å². The average Bonchev–Trinajstić information content (AvgIpc) is 3.09. The molecule has 2 aliphatic rings. The SMILES string of the molecule is O=c1[nH]nc(C2CCN(CCC3CC3)CC2)[nH]1. The van der Waals surface area contributed by atoms with Gasteiger partial charge in [-0.1, -0.05) is 12.8 Å². The van der Waals surface area contributed by atoms with Crippen LogP contribution in [0.2, 0.25) is 0 Å². The number of nitrogens with one attached hydrogen (secondary N) is 2. The first-order chi connectivity index (χ1) is 8.31. The molecule has 1 saturated heterocycles. The maximum absolute atomic E-state index is 11.0. The molecule has 0 atom stereocenters. The highest BCUT2D eigenvalue weighted by Crippen LogP contribution is 2.33. The molecule has 0 spiro atoms. The summed E-state index contributed by atoms with van der Waals surface area (Å²) in [5, 5.41) is 6.49. The summed E-state index contributed by atoms with van der Waals surface area (Å²) >= 11 is 0. The number of hydrogen-bond donors (Lipinski definition) is 2. The van der Waals surface area contributed by atoms with Crippen LogP contribution in [0.1, 0.15) is 43.8 Å². The fourth-order valence-corrected chi connectivity index (χ4v) is 2.68. The summed E-state index contributed by atoms with van der Waals surface area (Å²) in [7, 11) is 0. The highest BCUT2D eigenvalue weighted by molar-refractivity contribution is 4.96. The Hall–Kier alpha value is -1.10. The average molecular weight is 236 g/mol. The van der Waals surface area contributed by atoms with E-state index in [0.717, 1.165) is 37.7 Å². The van der Waals surface area contributed by atoms with Gasteiger partial charge in [-0.15, -0.1) is 0 Å². The summed E-state index contributed by atoms with van der Waals surface area (Å²) in [6.07, 6.45) is 6.51. The molecular formula is C12H20N4O. The number of likely N-dealkylation sites (tertiary alicyclic amines) is 1. The Morgan fingerprint density at radius 3 is 2.59 bits per heavy atom. The lowest BCUT2D eigenvalue weighted by atomic mass is 9.96. The molecule has 1 aromatic rings. The molecule has 1 saturated carbocycles. The number of rotatable bonds is 4. The molecule has 2 heterocycles. The Bertz CT molecular complexity index is 412. The summed E-state index contributed by atoms with van der Waals surface area (Å²) in [5.74, 6) is 2.30. The molecule has 94 valence electrons. The van der Waals surface area contributed by atoms with Crippen molar-refractivity contribution >= 4 is 0 Å². The van der Waals surface area contributed by atoms with E-state index in [9.17, 15) is 4.79 Å². The highest BCUT2D eigenvalue weighted by Gasteiger charge is 2.25. The van der Waals surface area contributed by atoms with Gasteiger partial charge >= 0.3 is 5.69 Å². The van der Waals surface area contributed by atoms with Crippen LogP contribution in [-0.2, 0) is 0 Å². The number of aromatic amines is 2. The second-order valence-corrected chi connectivity index (χ2v) is 5.41. The van der Waals surface area contributed by atoms with Crippen LogP contribution in [0.5, 0.6) is 0 Å². The maximum atomic E-state index is 11.0. The van der Waals surface area contributed by atoms with Gasteiger partial charge in [-0.3, -0.25) is 4.98 Å². The van der Waals surface area contributed by atoms with Crippen molar-refractivity contribution in [1.82, 2.24) is 20.1 Å². The van der Waals surface area contributed by atoms with Crippen molar-refractivity contribution in [2.24, 2.45) is 5.92 Å². The summed E-state index contributed by atoms with van der Waals surface area (Å²) < 4.78 is 0. The highest BCUT2D eigenvalue weighted by atomic mass is 16.1. The molecule has 2 N–H and O–H groups in total. The zero-order valence-corrected chi connectivity index (χ0v) is 10.1. The summed E-state index contributed by atoms with van der Waals surface area (Å²) in [4.78, 5) is 16.3. The van der Waals surface area contributed by atoms with Gasteiger partial charge in [0, 0.05) is 5.92 Å². The maximum Gasteiger partial charge on any atom is 0.340 e. The molecule has 2 fully saturated rings. The van der Waals surface area contributed by atoms with Gasteiger partial charge in [-0.25, -0.2) is 9.89 Å². The number of piperidine rings is 1. The molecule has 5 heteroatoms. The molecule has 17 heavy (non-hydrogen) atoms. The van der Waals surface area contributed by atoms with Crippen molar-refractivity contribution in [3.63, 3.8) is 0 Å². The van der Waals surface area contributed by atoms with E-state index >= 15 is 0 Å². The minimum Gasteiger partial charge on any atom is -0.303 e. The van der Waals surface area contributed by atoms with E-state index in [0.29, 0.717) is 5.92 Å². The Balaban J connectivity index is 1.47. The van der Waals surface area contributed by atoms with Crippen molar-refractivity contribution in [2.75, 3.05) is 19.6 Å². The zero-order chi connectivity index (χ0) is 11.7. The van der Waals surface area contributed by atoms with Crippen LogP contribution in [0.4, 0.5) is 0 Å². The van der Waals surface area contributed by atoms with Crippen molar-refractivity contribution < 1.29 is 0 Å². The third kappa shape index (κ3) is 2.77. The third-order valence-corrected chi connectivity index (χ3v) is 4.04. The largest absolute Gasteiger partial charge is 0.340 e. The van der Waals surface area contributed by atoms with Gasteiger partial charge in [0.2, 0.25) is 0 Å². The second kappa shape index (κ2) is 4.64. The summed E-state index contributed by atoms with van der Waals surface area (Å²) in [5.41, 5.74) is -0.184. The van der Waals surface area contributed by atoms with Crippen LogP contribution in [0.25, 0.3) is 0 Å². The van der Waals surface area contributed by atoms with Crippen LogP contribution < -0.4 is 5.69 Å². The van der Waals surface area contributed by atoms with Crippen molar-refractivity contribution in [3.8, 4) is 0 Å². The van der Waals surface area contributed by atoms with Crippen LogP contribution in [0.3, 0.4) is 0 Å². The first-order valence-corrected chi connectivity index (χ1v) is 6.68. The van der Waals surface area contributed by atoms with E-state index in [4.69, 9.17) is 0 Å². The molecule has 1 aliphatic heterocycles. The van der Waals surface area contributed by atoms with Gasteiger partial charge < -0.3 is 4.90 Å². The van der Waals surface area contributed by atoms with Crippen molar-refractivity contribution in [2.45, 2.75) is 38.0 Å². The molecular weight excluding hydrogens is 216 g/mol. The first kappa shape index (κ1) is 11.0. The van der Waals surface area contributed by atoms with Crippen LogP contribution in [-0.4, -0.2) is 39.7 Å². The molecule has 0 unspecified atom stereocenters. The monoisotopic (exact) mass is 236 g/mol. The number of H-pyrrole nitrogens is 2. The van der Waals surface area contributed by atoms with Crippen molar-refractivity contribution in [1.29, 1.82) is 0 Å². The van der Waals surface area contributed by atoms with E-state index in [1.165, 1.54) is 25.8 Å². The quantitative estimate of drug-likeness (QED) is 0.822. The molecule has 3 rings (SSSR count). The van der Waals surface area contributed by atoms with E-state index < -0.39 is 0 Å². The minimum absolute atomic E-state index is 0.184. The molecule has 0 aromatic carbocycles. The second-order valence-electron chi connectivity index (χ2n) is 5.41. The molecule has 0 bridgehead atoms. The van der Waals surface area contributed by atoms with Crippen molar-refractivity contribution in [3.05, 3.63) is 16.3 Å². The van der Waals surface area contributed by atoms with Crippen LogP contribution in [0.15, 0.2) is 4.79 Å². The molecule has 0 radical (unpaired) electrons. The van der Waals surface area contributed by atoms with Crippen LogP contribution >= 0.6 is 0 Å². The zero-order valence-electron chi connectivity index (χ0n) is 10.1. The van der Waals surface area contributed by atoms with E-state index in [1.54, 1.807) is 0 Å². The topological polar surface area (TPSA) is 64.8 Å². The normalized spacial score (nSPS) is 23.1. The fourth-order valence-electron chi connectivity index (χ4n) is 2.68. The van der Waals surface area contributed by atoms with Gasteiger partial charge in [0.25, 0.3) is 0 Å². The van der Waals surface area contributed by atoms with E-state index in [1.807, 2.05) is 0 Å². The van der Waals surface area contributed by atoms with Gasteiger partial charge in [-0.05, 0) is 44.8 Å². The predicted octanol–water partition coefficient (Wildman–Crippen LogP) is 1.08. The smallest absolute Gasteiger partial charge is 0.303 e. The fraction of sp³-hybridized carbons (Fsp3) is 0.833. The Labute approximate surface area is 101 Å². The lowest BCUT2D eigenvalue weighted by Gasteiger charge is -2.30. The van der Waals surface area contributed by atoms with Gasteiger partial charge in [0.05, 0.1) is 0 Å². The summed E-state index contributed by atoms with van der Waals surface area (Å²) in [6, 6.07) is 0. The Morgan fingerprint density at radius 1 is 1.24 bits per heavy atom. The lowest BCUT2D eigenvalue weighted by molar-refractivity contribution is 0.204.